The Kier molecular flexibility index (Phi) is 4.90. The van der Waals surface area contributed by atoms with Crippen LogP contribution in [0.2, 0.25) is 0 Å². The number of amides is 2. The Labute approximate surface area is 159 Å². The first-order chi connectivity index (χ1) is 13.1. The lowest BCUT2D eigenvalue weighted by molar-refractivity contribution is -0.135. The van der Waals surface area contributed by atoms with Crippen molar-refractivity contribution in [1.82, 2.24) is 20.1 Å². The molecule has 1 aromatic heterocycles. The summed E-state index contributed by atoms with van der Waals surface area (Å²) in [6.45, 7) is 5.88. The molecule has 2 aromatic rings. The van der Waals surface area contributed by atoms with Gasteiger partial charge in [-0.2, -0.15) is 0 Å². The number of piperazine rings is 1. The molecule has 27 heavy (non-hydrogen) atoms. The molecule has 0 aliphatic carbocycles. The third kappa shape index (κ3) is 3.71. The molecule has 1 fully saturated rings. The van der Waals surface area contributed by atoms with E-state index in [-0.39, 0.29) is 11.8 Å². The fourth-order valence-electron chi connectivity index (χ4n) is 3.82. The maximum absolute atomic E-state index is 12.9. The molecule has 3 heterocycles. The molecule has 6 nitrogen and oxygen atoms in total. The van der Waals surface area contributed by atoms with Crippen molar-refractivity contribution in [1.29, 1.82) is 0 Å². The van der Waals surface area contributed by atoms with Crippen molar-refractivity contribution in [3.63, 3.8) is 0 Å². The molecule has 4 rings (SSSR count). The minimum Gasteiger partial charge on any atom is -0.340 e. The van der Waals surface area contributed by atoms with Crippen molar-refractivity contribution in [2.24, 2.45) is 0 Å². The van der Waals surface area contributed by atoms with Gasteiger partial charge in [0.1, 0.15) is 6.04 Å². The fourth-order valence-corrected chi connectivity index (χ4v) is 3.82. The lowest BCUT2D eigenvalue weighted by Gasteiger charge is -2.37. The van der Waals surface area contributed by atoms with Crippen molar-refractivity contribution >= 4 is 11.8 Å². The number of hydrogen-bond acceptors (Lipinski definition) is 4. The molecule has 1 unspecified atom stereocenters. The number of fused-ring (bicyclic) bond motifs is 1. The lowest BCUT2D eigenvalue weighted by atomic mass is 9.94. The van der Waals surface area contributed by atoms with E-state index >= 15 is 0 Å². The Morgan fingerprint density at radius 1 is 1.15 bits per heavy atom. The molecular formula is C21H24N4O2. The first kappa shape index (κ1) is 17.7. The van der Waals surface area contributed by atoms with Crippen molar-refractivity contribution in [3.8, 4) is 0 Å². The predicted molar refractivity (Wildman–Crippen MR) is 102 cm³/mol. The quantitative estimate of drug-likeness (QED) is 0.894. The van der Waals surface area contributed by atoms with Crippen LogP contribution in [0, 0.1) is 6.92 Å². The Bertz CT molecular complexity index is 859. The number of carbonyl (C=O) groups is 2. The van der Waals surface area contributed by atoms with Crippen LogP contribution in [-0.2, 0) is 17.8 Å². The van der Waals surface area contributed by atoms with E-state index in [9.17, 15) is 9.59 Å². The largest absolute Gasteiger partial charge is 0.340 e. The molecule has 6 heteroatoms. The van der Waals surface area contributed by atoms with Gasteiger partial charge in [-0.15, -0.1) is 0 Å². The fraction of sp³-hybridized carbons (Fsp3) is 0.381. The van der Waals surface area contributed by atoms with Gasteiger partial charge in [-0.05, 0) is 30.2 Å². The maximum atomic E-state index is 12.9. The molecule has 0 spiro atoms. The van der Waals surface area contributed by atoms with Crippen LogP contribution in [0.1, 0.15) is 27.2 Å². The lowest BCUT2D eigenvalue weighted by Crippen LogP contribution is -2.56. The molecule has 2 aliphatic rings. The van der Waals surface area contributed by atoms with Gasteiger partial charge in [-0.1, -0.05) is 24.3 Å². The van der Waals surface area contributed by atoms with E-state index in [1.165, 1.54) is 5.56 Å². The second-order valence-corrected chi connectivity index (χ2v) is 7.26. The standard InChI is InChI=1S/C21H24N4O2/c1-15-5-4-8-22-19(15)14-24-9-11-25(12-10-24)21(27)18-13-16-6-2-3-7-17(16)20(26)23-18/h2-8,18H,9-14H2,1H3,(H,23,26). The number of benzene rings is 1. The Balaban J connectivity index is 1.35. The number of hydrogen-bond donors (Lipinski definition) is 1. The number of aryl methyl sites for hydroxylation is 1. The minimum absolute atomic E-state index is 0.0199. The van der Waals surface area contributed by atoms with Gasteiger partial charge in [-0.3, -0.25) is 19.5 Å². The summed E-state index contributed by atoms with van der Waals surface area (Å²) in [7, 11) is 0. The van der Waals surface area contributed by atoms with Crippen LogP contribution in [0.4, 0.5) is 0 Å². The highest BCUT2D eigenvalue weighted by molar-refractivity contribution is 6.00. The Morgan fingerprint density at radius 3 is 2.70 bits per heavy atom. The summed E-state index contributed by atoms with van der Waals surface area (Å²) in [4.78, 5) is 33.8. The maximum Gasteiger partial charge on any atom is 0.252 e. The molecule has 140 valence electrons. The highest BCUT2D eigenvalue weighted by Crippen LogP contribution is 2.18. The molecule has 1 aromatic carbocycles. The second-order valence-electron chi connectivity index (χ2n) is 7.26. The van der Waals surface area contributed by atoms with Crippen LogP contribution >= 0.6 is 0 Å². The first-order valence-corrected chi connectivity index (χ1v) is 9.42. The summed E-state index contributed by atoms with van der Waals surface area (Å²) >= 11 is 0. The number of nitrogens with one attached hydrogen (secondary N) is 1. The zero-order valence-electron chi connectivity index (χ0n) is 15.5. The SMILES string of the molecule is Cc1cccnc1CN1CCN(C(=O)C2Cc3ccccc3C(=O)N2)CC1. The van der Waals surface area contributed by atoms with Gasteiger partial charge in [0.15, 0.2) is 0 Å². The molecule has 0 radical (unpaired) electrons. The van der Waals surface area contributed by atoms with Gasteiger partial charge in [0.2, 0.25) is 5.91 Å². The van der Waals surface area contributed by atoms with Gasteiger partial charge < -0.3 is 10.2 Å². The molecule has 0 bridgehead atoms. The Morgan fingerprint density at radius 2 is 1.93 bits per heavy atom. The van der Waals surface area contributed by atoms with E-state index in [0.717, 1.165) is 30.9 Å². The molecule has 2 amide bonds. The van der Waals surface area contributed by atoms with E-state index in [1.54, 1.807) is 0 Å². The Hall–Kier alpha value is -2.73. The van der Waals surface area contributed by atoms with E-state index in [4.69, 9.17) is 0 Å². The zero-order valence-corrected chi connectivity index (χ0v) is 15.5. The first-order valence-electron chi connectivity index (χ1n) is 9.42. The summed E-state index contributed by atoms with van der Waals surface area (Å²) < 4.78 is 0. The zero-order chi connectivity index (χ0) is 18.8. The third-order valence-electron chi connectivity index (χ3n) is 5.46. The molecule has 0 saturated carbocycles. The average molecular weight is 364 g/mol. The van der Waals surface area contributed by atoms with Crippen LogP contribution in [0.3, 0.4) is 0 Å². The van der Waals surface area contributed by atoms with Crippen LogP contribution in [0.25, 0.3) is 0 Å². The van der Waals surface area contributed by atoms with Gasteiger partial charge in [0.05, 0.1) is 5.69 Å². The summed E-state index contributed by atoms with van der Waals surface area (Å²) in [5.41, 5.74) is 3.91. The monoisotopic (exact) mass is 364 g/mol. The summed E-state index contributed by atoms with van der Waals surface area (Å²) in [6, 6.07) is 11.1. The average Bonchev–Trinajstić information content (AvgIpc) is 2.70. The number of rotatable bonds is 3. The highest BCUT2D eigenvalue weighted by Gasteiger charge is 2.33. The third-order valence-corrected chi connectivity index (χ3v) is 5.46. The highest BCUT2D eigenvalue weighted by atomic mass is 16.2. The molecule has 1 N–H and O–H groups in total. The molecule has 1 saturated heterocycles. The predicted octanol–water partition coefficient (Wildman–Crippen LogP) is 1.39. The van der Waals surface area contributed by atoms with Gasteiger partial charge >= 0.3 is 0 Å². The van der Waals surface area contributed by atoms with Crippen molar-refractivity contribution in [3.05, 3.63) is 65.0 Å². The van der Waals surface area contributed by atoms with Gasteiger partial charge in [0.25, 0.3) is 5.91 Å². The number of pyridine rings is 1. The minimum atomic E-state index is -0.461. The van der Waals surface area contributed by atoms with E-state index < -0.39 is 6.04 Å². The summed E-state index contributed by atoms with van der Waals surface area (Å²) in [5.74, 6) is -0.133. The molecule has 1 atom stereocenters. The van der Waals surface area contributed by atoms with E-state index in [0.29, 0.717) is 25.1 Å². The van der Waals surface area contributed by atoms with Crippen LogP contribution in [-0.4, -0.2) is 58.8 Å². The van der Waals surface area contributed by atoms with Crippen LogP contribution < -0.4 is 5.32 Å². The van der Waals surface area contributed by atoms with E-state index in [2.05, 4.69) is 28.2 Å². The number of nitrogens with zero attached hydrogens (tertiary/aromatic N) is 3. The van der Waals surface area contributed by atoms with Crippen molar-refractivity contribution < 1.29 is 9.59 Å². The van der Waals surface area contributed by atoms with Gasteiger partial charge in [-0.25, -0.2) is 0 Å². The van der Waals surface area contributed by atoms with E-state index in [1.807, 2.05) is 41.4 Å². The molecular weight excluding hydrogens is 340 g/mol. The summed E-state index contributed by atoms with van der Waals surface area (Å²) in [6.07, 6.45) is 2.39. The summed E-state index contributed by atoms with van der Waals surface area (Å²) in [5, 5.41) is 2.87. The van der Waals surface area contributed by atoms with Crippen molar-refractivity contribution in [2.45, 2.75) is 25.9 Å². The smallest absolute Gasteiger partial charge is 0.252 e. The second kappa shape index (κ2) is 7.48. The normalized spacial score (nSPS) is 20.1. The van der Waals surface area contributed by atoms with Crippen LogP contribution in [0.5, 0.6) is 0 Å². The van der Waals surface area contributed by atoms with Crippen molar-refractivity contribution in [2.75, 3.05) is 26.2 Å². The molecule has 2 aliphatic heterocycles. The van der Waals surface area contributed by atoms with Crippen LogP contribution in [0.15, 0.2) is 42.6 Å². The topological polar surface area (TPSA) is 65.5 Å². The number of carbonyl (C=O) groups excluding carboxylic acids is 2. The number of aromatic nitrogens is 1. The van der Waals surface area contributed by atoms with Gasteiger partial charge in [0, 0.05) is 50.9 Å².